The summed E-state index contributed by atoms with van der Waals surface area (Å²) in [5, 5.41) is 0. The number of morpholine rings is 1. The van der Waals surface area contributed by atoms with Crippen LogP contribution in [0.3, 0.4) is 0 Å². The molecule has 104 valence electrons. The molecule has 5 heteroatoms. The van der Waals surface area contributed by atoms with Crippen LogP contribution in [0.5, 0.6) is 0 Å². The highest BCUT2D eigenvalue weighted by Gasteiger charge is 2.18. The molecule has 1 aliphatic rings. The van der Waals surface area contributed by atoms with E-state index in [1.807, 2.05) is 0 Å². The Balaban J connectivity index is 2.20. The summed E-state index contributed by atoms with van der Waals surface area (Å²) in [6, 6.07) is 0. The van der Waals surface area contributed by atoms with E-state index in [1.165, 1.54) is 8.05 Å². The molecule has 0 bridgehead atoms. The van der Waals surface area contributed by atoms with Crippen molar-refractivity contribution < 1.29 is 14.2 Å². The van der Waals surface area contributed by atoms with Crippen molar-refractivity contribution in [1.29, 1.82) is 0 Å². The summed E-state index contributed by atoms with van der Waals surface area (Å²) in [5.41, 5.74) is 0. The number of unbranched alkanes of at least 4 members (excludes halogenated alkanes) is 1. The molecule has 0 aromatic carbocycles. The molecular formula is C13H26BNO3. The predicted molar refractivity (Wildman–Crippen MR) is 74.1 cm³/mol. The van der Waals surface area contributed by atoms with E-state index in [2.05, 4.69) is 11.8 Å². The fourth-order valence-corrected chi connectivity index (χ4v) is 2.38. The number of ether oxygens (including phenoxy) is 1. The Morgan fingerprint density at radius 1 is 1.33 bits per heavy atom. The summed E-state index contributed by atoms with van der Waals surface area (Å²) in [5.74, 6) is 0.0569. The van der Waals surface area contributed by atoms with Gasteiger partial charge in [-0.25, -0.2) is 0 Å². The second-order valence-corrected chi connectivity index (χ2v) is 4.96. The number of nitrogens with zero attached hydrogens (tertiary/aromatic N) is 1. The molecule has 0 amide bonds. The quantitative estimate of drug-likeness (QED) is 0.606. The molecule has 18 heavy (non-hydrogen) atoms. The first-order valence-corrected chi connectivity index (χ1v) is 7.15. The van der Waals surface area contributed by atoms with Crippen LogP contribution in [0.4, 0.5) is 0 Å². The summed E-state index contributed by atoms with van der Waals surface area (Å²) >= 11 is 0. The van der Waals surface area contributed by atoms with Gasteiger partial charge in [-0.05, 0) is 25.8 Å². The van der Waals surface area contributed by atoms with Gasteiger partial charge >= 0.3 is 8.05 Å². The summed E-state index contributed by atoms with van der Waals surface area (Å²) in [7, 11) is 1.49. The Labute approximate surface area is 111 Å². The highest BCUT2D eigenvalue weighted by molar-refractivity contribution is 6.05. The van der Waals surface area contributed by atoms with Gasteiger partial charge in [0.05, 0.1) is 19.1 Å². The van der Waals surface area contributed by atoms with Crippen molar-refractivity contribution in [3.63, 3.8) is 0 Å². The minimum Gasteiger partial charge on any atom is -0.543 e. The summed E-state index contributed by atoms with van der Waals surface area (Å²) < 4.78 is 10.2. The standard InChI is InChI=1S/C13H26BNO3/c1-2-3-5-12(13(16)18-14)6-4-7-15-8-10-17-11-9-15/h12H,2-11,14H2,1H3. The average molecular weight is 255 g/mol. The number of carbonyl (C=O) groups excluding carboxylic acids is 1. The van der Waals surface area contributed by atoms with Crippen LogP contribution >= 0.6 is 0 Å². The van der Waals surface area contributed by atoms with Crippen LogP contribution < -0.4 is 0 Å². The van der Waals surface area contributed by atoms with Gasteiger partial charge in [-0.1, -0.05) is 19.8 Å². The molecule has 1 saturated heterocycles. The third-order valence-electron chi connectivity index (χ3n) is 3.57. The van der Waals surface area contributed by atoms with Gasteiger partial charge in [-0.3, -0.25) is 9.69 Å². The molecule has 0 saturated carbocycles. The Hall–Kier alpha value is -0.545. The highest BCUT2D eigenvalue weighted by atomic mass is 16.5. The molecule has 0 spiro atoms. The maximum absolute atomic E-state index is 11.6. The molecule has 0 aromatic heterocycles. The van der Waals surface area contributed by atoms with Crippen molar-refractivity contribution in [2.75, 3.05) is 32.8 Å². The minimum absolute atomic E-state index is 0.0366. The molecule has 1 unspecified atom stereocenters. The first-order valence-electron chi connectivity index (χ1n) is 7.15. The van der Waals surface area contributed by atoms with Gasteiger partial charge in [0, 0.05) is 13.1 Å². The monoisotopic (exact) mass is 255 g/mol. The number of hydrogen-bond donors (Lipinski definition) is 0. The van der Waals surface area contributed by atoms with Gasteiger partial charge in [0.1, 0.15) is 0 Å². The third-order valence-corrected chi connectivity index (χ3v) is 3.57. The zero-order valence-electron chi connectivity index (χ0n) is 11.8. The Kier molecular flexibility index (Phi) is 8.10. The molecular weight excluding hydrogens is 229 g/mol. The normalized spacial score (nSPS) is 18.5. The molecule has 1 aliphatic heterocycles. The van der Waals surface area contributed by atoms with Gasteiger partial charge in [0.15, 0.2) is 0 Å². The predicted octanol–water partition coefficient (Wildman–Crippen LogP) is 0.996. The van der Waals surface area contributed by atoms with Crippen LogP contribution in [0.1, 0.15) is 39.0 Å². The van der Waals surface area contributed by atoms with Crippen molar-refractivity contribution in [2.45, 2.75) is 39.0 Å². The summed E-state index contributed by atoms with van der Waals surface area (Å²) in [4.78, 5) is 14.1. The van der Waals surface area contributed by atoms with Gasteiger partial charge in [-0.2, -0.15) is 0 Å². The number of hydrogen-bond acceptors (Lipinski definition) is 4. The Bertz CT molecular complexity index is 232. The van der Waals surface area contributed by atoms with Crippen molar-refractivity contribution in [1.82, 2.24) is 4.90 Å². The van der Waals surface area contributed by atoms with E-state index in [-0.39, 0.29) is 11.9 Å². The fourth-order valence-electron chi connectivity index (χ4n) is 2.38. The first kappa shape index (κ1) is 15.5. The van der Waals surface area contributed by atoms with Crippen LogP contribution in [0, 0.1) is 5.92 Å². The fraction of sp³-hybridized carbons (Fsp3) is 0.923. The highest BCUT2D eigenvalue weighted by Crippen LogP contribution is 2.17. The van der Waals surface area contributed by atoms with Crippen LogP contribution in [0.15, 0.2) is 0 Å². The lowest BCUT2D eigenvalue weighted by molar-refractivity contribution is -0.139. The molecule has 4 nitrogen and oxygen atoms in total. The Morgan fingerprint density at radius 2 is 2.00 bits per heavy atom. The average Bonchev–Trinajstić information content (AvgIpc) is 2.43. The summed E-state index contributed by atoms with van der Waals surface area (Å²) in [6.45, 7) is 6.97. The number of rotatable bonds is 8. The van der Waals surface area contributed by atoms with Gasteiger partial charge in [0.25, 0.3) is 5.97 Å². The summed E-state index contributed by atoms with van der Waals surface area (Å²) in [6.07, 6.45) is 5.23. The lowest BCUT2D eigenvalue weighted by Gasteiger charge is -2.27. The zero-order valence-corrected chi connectivity index (χ0v) is 11.8. The van der Waals surface area contributed by atoms with E-state index in [4.69, 9.17) is 9.39 Å². The van der Waals surface area contributed by atoms with E-state index < -0.39 is 0 Å². The number of carbonyl (C=O) groups is 1. The smallest absolute Gasteiger partial charge is 0.325 e. The van der Waals surface area contributed by atoms with Gasteiger partial charge < -0.3 is 9.39 Å². The molecule has 1 atom stereocenters. The van der Waals surface area contributed by atoms with Gasteiger partial charge in [0.2, 0.25) is 0 Å². The molecule has 1 rings (SSSR count). The largest absolute Gasteiger partial charge is 0.543 e. The minimum atomic E-state index is -0.0366. The van der Waals surface area contributed by atoms with Crippen LogP contribution in [-0.4, -0.2) is 51.8 Å². The molecule has 1 heterocycles. The Morgan fingerprint density at radius 3 is 2.61 bits per heavy atom. The molecule has 0 aliphatic carbocycles. The first-order chi connectivity index (χ1) is 8.77. The van der Waals surface area contributed by atoms with E-state index in [0.717, 1.165) is 65.0 Å². The van der Waals surface area contributed by atoms with Crippen molar-refractivity contribution in [2.24, 2.45) is 5.92 Å². The lowest BCUT2D eigenvalue weighted by Crippen LogP contribution is -2.37. The van der Waals surface area contributed by atoms with Crippen LogP contribution in [0.25, 0.3) is 0 Å². The molecule has 0 N–H and O–H groups in total. The van der Waals surface area contributed by atoms with Crippen molar-refractivity contribution in [3.05, 3.63) is 0 Å². The second-order valence-electron chi connectivity index (χ2n) is 4.96. The van der Waals surface area contributed by atoms with Gasteiger partial charge in [-0.15, -0.1) is 0 Å². The van der Waals surface area contributed by atoms with Crippen molar-refractivity contribution >= 4 is 14.0 Å². The van der Waals surface area contributed by atoms with E-state index in [1.54, 1.807) is 0 Å². The van der Waals surface area contributed by atoms with Crippen LogP contribution in [-0.2, 0) is 14.2 Å². The maximum atomic E-state index is 11.6. The second kappa shape index (κ2) is 9.39. The third kappa shape index (κ3) is 5.87. The van der Waals surface area contributed by atoms with Crippen molar-refractivity contribution in [3.8, 4) is 0 Å². The van der Waals surface area contributed by atoms with Crippen LogP contribution in [0.2, 0.25) is 0 Å². The van der Waals surface area contributed by atoms with E-state index in [0.29, 0.717) is 0 Å². The molecule has 0 aromatic rings. The lowest BCUT2D eigenvalue weighted by atomic mass is 9.96. The topological polar surface area (TPSA) is 38.8 Å². The van der Waals surface area contributed by atoms with E-state index in [9.17, 15) is 4.79 Å². The molecule has 0 radical (unpaired) electrons. The molecule has 1 fully saturated rings. The maximum Gasteiger partial charge on any atom is 0.325 e. The van der Waals surface area contributed by atoms with E-state index >= 15 is 0 Å². The zero-order chi connectivity index (χ0) is 13.2. The SMILES string of the molecule is BOC(=O)C(CCCC)CCCN1CCOCC1.